The fourth-order valence-corrected chi connectivity index (χ4v) is 5.26. The lowest BCUT2D eigenvalue weighted by Gasteiger charge is -2.35. The van der Waals surface area contributed by atoms with Gasteiger partial charge >= 0.3 is 0 Å². The van der Waals surface area contributed by atoms with E-state index >= 15 is 0 Å². The van der Waals surface area contributed by atoms with Crippen LogP contribution >= 0.6 is 0 Å². The highest BCUT2D eigenvalue weighted by Gasteiger charge is 2.24. The smallest absolute Gasteiger partial charge is 0.253 e. The van der Waals surface area contributed by atoms with Crippen molar-refractivity contribution in [3.63, 3.8) is 0 Å². The molecule has 0 atom stereocenters. The number of benzene rings is 2. The van der Waals surface area contributed by atoms with Crippen LogP contribution in [0.15, 0.2) is 53.4 Å². The highest BCUT2D eigenvalue weighted by Crippen LogP contribution is 2.18. The molecule has 162 valence electrons. The number of carbonyl (C=O) groups excluding carboxylic acids is 1. The first-order valence-electron chi connectivity index (χ1n) is 10.5. The van der Waals surface area contributed by atoms with Gasteiger partial charge in [-0.05, 0) is 42.3 Å². The van der Waals surface area contributed by atoms with E-state index in [4.69, 9.17) is 0 Å². The Morgan fingerprint density at radius 1 is 0.933 bits per heavy atom. The Balaban J connectivity index is 1.61. The van der Waals surface area contributed by atoms with Crippen molar-refractivity contribution in [2.45, 2.75) is 32.2 Å². The van der Waals surface area contributed by atoms with Crippen molar-refractivity contribution in [1.82, 2.24) is 14.1 Å². The molecule has 0 spiro atoms. The molecule has 0 N–H and O–H groups in total. The molecular weight excluding hydrogens is 398 g/mol. The molecule has 1 amide bonds. The minimum Gasteiger partial charge on any atom is -0.336 e. The number of sulfonamides is 1. The van der Waals surface area contributed by atoms with E-state index in [1.807, 2.05) is 24.8 Å². The average Bonchev–Trinajstić information content (AvgIpc) is 2.76. The monoisotopic (exact) mass is 429 g/mol. The zero-order chi connectivity index (χ0) is 21.7. The van der Waals surface area contributed by atoms with Gasteiger partial charge in [-0.2, -0.15) is 4.31 Å². The van der Waals surface area contributed by atoms with Gasteiger partial charge in [-0.3, -0.25) is 9.69 Å². The maximum absolute atomic E-state index is 12.9. The average molecular weight is 430 g/mol. The molecule has 2 aromatic carbocycles. The Morgan fingerprint density at radius 3 is 2.10 bits per heavy atom. The van der Waals surface area contributed by atoms with Gasteiger partial charge in [0.25, 0.3) is 5.91 Å². The summed E-state index contributed by atoms with van der Waals surface area (Å²) in [6, 6.07) is 14.7. The fourth-order valence-electron chi connectivity index (χ4n) is 3.80. The van der Waals surface area contributed by atoms with Gasteiger partial charge in [0.2, 0.25) is 10.0 Å². The molecule has 7 heteroatoms. The van der Waals surface area contributed by atoms with Crippen LogP contribution in [0, 0.1) is 6.92 Å². The van der Waals surface area contributed by atoms with Crippen LogP contribution in [0.3, 0.4) is 0 Å². The number of aryl methyl sites for hydroxylation is 1. The molecule has 1 aliphatic heterocycles. The highest BCUT2D eigenvalue weighted by molar-refractivity contribution is 7.89. The standard InChI is InChI=1S/C23H31N3O3S/c1-4-26(5-2)30(28,29)22-12-10-20(11-13-22)23(27)25-16-14-24(15-17-25)18-21-9-7-6-8-19(21)3/h6-13H,4-5,14-18H2,1-3H3. The first-order valence-corrected chi connectivity index (χ1v) is 12.0. The van der Waals surface area contributed by atoms with Gasteiger partial charge < -0.3 is 4.90 Å². The molecule has 30 heavy (non-hydrogen) atoms. The Morgan fingerprint density at radius 2 is 1.53 bits per heavy atom. The van der Waals surface area contributed by atoms with E-state index in [-0.39, 0.29) is 10.8 Å². The van der Waals surface area contributed by atoms with Crippen LogP contribution in [0.4, 0.5) is 0 Å². The van der Waals surface area contributed by atoms with Crippen LogP contribution in [0.25, 0.3) is 0 Å². The highest BCUT2D eigenvalue weighted by atomic mass is 32.2. The van der Waals surface area contributed by atoms with Gasteiger partial charge in [0.05, 0.1) is 4.90 Å². The van der Waals surface area contributed by atoms with Crippen molar-refractivity contribution >= 4 is 15.9 Å². The van der Waals surface area contributed by atoms with Crippen molar-refractivity contribution in [3.8, 4) is 0 Å². The number of hydrogen-bond acceptors (Lipinski definition) is 4. The second kappa shape index (κ2) is 9.73. The summed E-state index contributed by atoms with van der Waals surface area (Å²) in [5.74, 6) is -0.0441. The minimum atomic E-state index is -3.51. The van der Waals surface area contributed by atoms with Gasteiger partial charge in [0.1, 0.15) is 0 Å². The topological polar surface area (TPSA) is 60.9 Å². The summed E-state index contributed by atoms with van der Waals surface area (Å²) in [6.45, 7) is 10.5. The van der Waals surface area contributed by atoms with Crippen LogP contribution in [0.5, 0.6) is 0 Å². The van der Waals surface area contributed by atoms with E-state index in [0.717, 1.165) is 19.6 Å². The molecule has 0 bridgehead atoms. The first-order chi connectivity index (χ1) is 14.4. The quantitative estimate of drug-likeness (QED) is 0.679. The van der Waals surface area contributed by atoms with Crippen LogP contribution in [-0.2, 0) is 16.6 Å². The van der Waals surface area contributed by atoms with Gasteiger partial charge in [0.15, 0.2) is 0 Å². The van der Waals surface area contributed by atoms with Crippen LogP contribution in [-0.4, -0.2) is 67.7 Å². The molecule has 1 fully saturated rings. The Hall–Kier alpha value is -2.22. The first kappa shape index (κ1) is 22.5. The summed E-state index contributed by atoms with van der Waals surface area (Å²) < 4.78 is 26.6. The van der Waals surface area contributed by atoms with Gasteiger partial charge in [0, 0.05) is 51.4 Å². The van der Waals surface area contributed by atoms with E-state index in [1.165, 1.54) is 27.6 Å². The van der Waals surface area contributed by atoms with Crippen molar-refractivity contribution in [3.05, 3.63) is 65.2 Å². The Labute approximate surface area is 180 Å². The zero-order valence-corrected chi connectivity index (χ0v) is 18.9. The lowest BCUT2D eigenvalue weighted by molar-refractivity contribution is 0.0628. The maximum atomic E-state index is 12.9. The zero-order valence-electron chi connectivity index (χ0n) is 18.0. The third-order valence-corrected chi connectivity index (χ3v) is 7.82. The molecule has 3 rings (SSSR count). The predicted molar refractivity (Wildman–Crippen MR) is 119 cm³/mol. The van der Waals surface area contributed by atoms with Crippen molar-refractivity contribution < 1.29 is 13.2 Å². The van der Waals surface area contributed by atoms with E-state index in [0.29, 0.717) is 31.7 Å². The maximum Gasteiger partial charge on any atom is 0.253 e. The summed E-state index contributed by atoms with van der Waals surface area (Å²) in [5.41, 5.74) is 3.14. The van der Waals surface area contributed by atoms with E-state index in [9.17, 15) is 13.2 Å². The van der Waals surface area contributed by atoms with E-state index in [1.54, 1.807) is 12.1 Å². The van der Waals surface area contributed by atoms with Crippen molar-refractivity contribution in [2.24, 2.45) is 0 Å². The molecule has 2 aromatic rings. The number of rotatable bonds is 7. The number of hydrogen-bond donors (Lipinski definition) is 0. The van der Waals surface area contributed by atoms with Crippen molar-refractivity contribution in [1.29, 1.82) is 0 Å². The number of carbonyl (C=O) groups is 1. The fraction of sp³-hybridized carbons (Fsp3) is 0.435. The van der Waals surface area contributed by atoms with Crippen LogP contribution < -0.4 is 0 Å². The van der Waals surface area contributed by atoms with E-state index in [2.05, 4.69) is 30.0 Å². The number of piperazine rings is 1. The van der Waals surface area contributed by atoms with Gasteiger partial charge in [-0.1, -0.05) is 38.1 Å². The molecular formula is C23H31N3O3S. The summed E-state index contributed by atoms with van der Waals surface area (Å²) >= 11 is 0. The molecule has 0 unspecified atom stereocenters. The lowest BCUT2D eigenvalue weighted by Crippen LogP contribution is -2.48. The third kappa shape index (κ3) is 4.91. The minimum absolute atomic E-state index is 0.0441. The van der Waals surface area contributed by atoms with Crippen LogP contribution in [0.2, 0.25) is 0 Å². The number of amides is 1. The molecule has 1 saturated heterocycles. The van der Waals surface area contributed by atoms with Crippen molar-refractivity contribution in [2.75, 3.05) is 39.3 Å². The number of nitrogens with zero attached hydrogens (tertiary/aromatic N) is 3. The normalized spacial score (nSPS) is 15.5. The van der Waals surface area contributed by atoms with E-state index < -0.39 is 10.0 Å². The molecule has 0 aromatic heterocycles. The summed E-state index contributed by atoms with van der Waals surface area (Å²) in [5, 5.41) is 0. The molecule has 0 radical (unpaired) electrons. The summed E-state index contributed by atoms with van der Waals surface area (Å²) in [6.07, 6.45) is 0. The molecule has 1 aliphatic rings. The molecule has 1 heterocycles. The Bertz CT molecular complexity index is 961. The summed E-state index contributed by atoms with van der Waals surface area (Å²) in [7, 11) is -3.51. The lowest BCUT2D eigenvalue weighted by atomic mass is 10.1. The van der Waals surface area contributed by atoms with Crippen LogP contribution in [0.1, 0.15) is 35.3 Å². The second-order valence-corrected chi connectivity index (χ2v) is 9.55. The molecule has 0 saturated carbocycles. The van der Waals surface area contributed by atoms with Gasteiger partial charge in [-0.15, -0.1) is 0 Å². The molecule has 6 nitrogen and oxygen atoms in total. The largest absolute Gasteiger partial charge is 0.336 e. The summed E-state index contributed by atoms with van der Waals surface area (Å²) in [4.78, 5) is 17.3. The SMILES string of the molecule is CCN(CC)S(=O)(=O)c1ccc(C(=O)N2CCN(Cc3ccccc3C)CC2)cc1. The third-order valence-electron chi connectivity index (χ3n) is 5.76. The van der Waals surface area contributed by atoms with Gasteiger partial charge in [-0.25, -0.2) is 8.42 Å². The Kier molecular flexibility index (Phi) is 7.28. The predicted octanol–water partition coefficient (Wildman–Crippen LogP) is 2.98. The second-order valence-electron chi connectivity index (χ2n) is 7.61. The molecule has 0 aliphatic carbocycles.